The zero-order valence-electron chi connectivity index (χ0n) is 10.2. The van der Waals surface area contributed by atoms with Crippen LogP contribution in [0.15, 0.2) is 24.3 Å². The molecule has 0 aliphatic rings. The molecular weight excluding hydrogens is 273 g/mol. The smallest absolute Gasteiger partial charge is 0.375 e. The first-order valence-corrected chi connectivity index (χ1v) is 7.96. The van der Waals surface area contributed by atoms with E-state index in [1.807, 2.05) is 0 Å². The molecule has 0 fully saturated rings. The van der Waals surface area contributed by atoms with E-state index in [-0.39, 0.29) is 11.8 Å². The fraction of sp³-hybridized carbons (Fsp3) is 0.364. The van der Waals surface area contributed by atoms with Crippen LogP contribution in [0.3, 0.4) is 0 Å². The zero-order chi connectivity index (χ0) is 13.8. The molecule has 1 aromatic carbocycles. The molecule has 0 amide bonds. The number of Topliss-reactive ketones (excluding diaryl/α,β-unsaturated/α-hetero) is 1. The molecule has 0 aliphatic carbocycles. The molecule has 0 heterocycles. The third kappa shape index (κ3) is 5.25. The van der Waals surface area contributed by atoms with E-state index in [1.54, 1.807) is 31.3 Å². The Labute approximate surface area is 111 Å². The Morgan fingerprint density at radius 3 is 2.39 bits per heavy atom. The second kappa shape index (κ2) is 6.41. The van der Waals surface area contributed by atoms with Gasteiger partial charge in [-0.3, -0.25) is 4.79 Å². The zero-order valence-corrected chi connectivity index (χ0v) is 11.9. The lowest BCUT2D eigenvalue weighted by Crippen LogP contribution is -2.34. The normalized spacial score (nSPS) is 13.1. The summed E-state index contributed by atoms with van der Waals surface area (Å²) in [6, 6.07) is 6.48. The highest BCUT2D eigenvalue weighted by Gasteiger charge is 2.13. The van der Waals surface area contributed by atoms with Crippen LogP contribution in [-0.2, 0) is 23.0 Å². The Morgan fingerprint density at radius 2 is 2.00 bits per heavy atom. The van der Waals surface area contributed by atoms with Crippen LogP contribution in [0.5, 0.6) is 5.75 Å². The van der Waals surface area contributed by atoms with Gasteiger partial charge in [0, 0.05) is 11.8 Å². The average Bonchev–Trinajstić information content (AvgIpc) is 2.25. The van der Waals surface area contributed by atoms with Crippen LogP contribution in [0.25, 0.3) is 0 Å². The molecule has 0 saturated heterocycles. The third-order valence-electron chi connectivity index (χ3n) is 2.43. The summed E-state index contributed by atoms with van der Waals surface area (Å²) in [5, 5.41) is 2.93. The molecule has 0 unspecified atom stereocenters. The lowest BCUT2D eigenvalue weighted by atomic mass is 10.0. The highest BCUT2D eigenvalue weighted by atomic mass is 32.5. The first kappa shape index (κ1) is 15.3. The van der Waals surface area contributed by atoms with E-state index in [1.165, 1.54) is 6.92 Å². The van der Waals surface area contributed by atoms with Crippen LogP contribution >= 0.6 is 6.72 Å². The Balaban J connectivity index is 2.71. The highest BCUT2D eigenvalue weighted by molar-refractivity contribution is 8.06. The largest absolute Gasteiger partial charge is 0.424 e. The second-order valence-electron chi connectivity index (χ2n) is 3.88. The maximum absolute atomic E-state index is 11.3. The molecule has 0 spiro atoms. The summed E-state index contributed by atoms with van der Waals surface area (Å²) in [5.41, 5.74) is 0.945. The number of carbonyl (C=O) groups is 1. The summed E-state index contributed by atoms with van der Waals surface area (Å²) in [5.74, 6) is 0.370. The number of likely N-dealkylation sites (N-methyl/N-ethyl adjacent to an activating group) is 1. The van der Waals surface area contributed by atoms with Gasteiger partial charge in [0.15, 0.2) is 0 Å². The summed E-state index contributed by atoms with van der Waals surface area (Å²) in [7, 11) is 1.73. The van der Waals surface area contributed by atoms with Crippen molar-refractivity contribution < 1.29 is 19.1 Å². The summed E-state index contributed by atoms with van der Waals surface area (Å²) in [4.78, 5) is 29.3. The van der Waals surface area contributed by atoms with Crippen LogP contribution in [0.2, 0.25) is 0 Å². The van der Waals surface area contributed by atoms with Gasteiger partial charge in [-0.25, -0.2) is 0 Å². The van der Waals surface area contributed by atoms with Crippen LogP contribution in [-0.4, -0.2) is 28.7 Å². The molecular formula is C11H16NO4PS. The number of nitrogens with one attached hydrogen (secondary N) is 1. The summed E-state index contributed by atoms with van der Waals surface area (Å²) in [6.45, 7) is -2.15. The molecule has 1 atom stereocenters. The van der Waals surface area contributed by atoms with Crippen LogP contribution in [0, 0.1) is 0 Å². The van der Waals surface area contributed by atoms with Crippen molar-refractivity contribution in [2.24, 2.45) is 0 Å². The number of benzene rings is 1. The molecule has 0 aliphatic heterocycles. The quantitative estimate of drug-likeness (QED) is 0.678. The molecule has 0 aromatic heterocycles. The minimum absolute atomic E-state index is 0.0686. The minimum Gasteiger partial charge on any atom is -0.424 e. The fourth-order valence-corrected chi connectivity index (χ4v) is 2.16. The van der Waals surface area contributed by atoms with Crippen molar-refractivity contribution in [3.63, 3.8) is 0 Å². The molecule has 0 bridgehead atoms. The van der Waals surface area contributed by atoms with Crippen LogP contribution < -0.4 is 9.84 Å². The van der Waals surface area contributed by atoms with Crippen molar-refractivity contribution >= 4 is 24.3 Å². The SMILES string of the molecule is CN[C@@H](Cc1ccc(OP(O)(O)=S)cc1)C(C)=O. The first-order chi connectivity index (χ1) is 8.31. The van der Waals surface area contributed by atoms with Gasteiger partial charge >= 0.3 is 6.72 Å². The Hall–Kier alpha value is -0.780. The van der Waals surface area contributed by atoms with Crippen molar-refractivity contribution in [2.45, 2.75) is 19.4 Å². The molecule has 5 nitrogen and oxygen atoms in total. The average molecular weight is 289 g/mol. The molecule has 0 saturated carbocycles. The third-order valence-corrected chi connectivity index (χ3v) is 3.10. The van der Waals surface area contributed by atoms with Gasteiger partial charge in [0.25, 0.3) is 0 Å². The predicted octanol–water partition coefficient (Wildman–Crippen LogP) is 0.994. The van der Waals surface area contributed by atoms with Crippen molar-refractivity contribution in [3.05, 3.63) is 29.8 Å². The summed E-state index contributed by atoms with van der Waals surface area (Å²) >= 11 is 4.37. The Morgan fingerprint density at radius 1 is 1.44 bits per heavy atom. The Bertz CT molecular complexity index is 457. The van der Waals surface area contributed by atoms with Gasteiger partial charge in [-0.1, -0.05) is 12.1 Å². The van der Waals surface area contributed by atoms with Gasteiger partial charge in [-0.2, -0.15) is 0 Å². The maximum Gasteiger partial charge on any atom is 0.375 e. The van der Waals surface area contributed by atoms with E-state index in [9.17, 15) is 4.79 Å². The fourth-order valence-electron chi connectivity index (χ4n) is 1.51. The van der Waals surface area contributed by atoms with Gasteiger partial charge in [0.05, 0.1) is 6.04 Å². The number of hydrogen-bond acceptors (Lipinski definition) is 4. The van der Waals surface area contributed by atoms with E-state index in [0.717, 1.165) is 5.56 Å². The van der Waals surface area contributed by atoms with E-state index >= 15 is 0 Å². The molecule has 18 heavy (non-hydrogen) atoms. The Kier molecular flexibility index (Phi) is 5.44. The monoisotopic (exact) mass is 289 g/mol. The first-order valence-electron chi connectivity index (χ1n) is 5.33. The van der Waals surface area contributed by atoms with E-state index in [4.69, 9.17) is 14.3 Å². The van der Waals surface area contributed by atoms with Gasteiger partial charge in [0.2, 0.25) is 0 Å². The summed E-state index contributed by atoms with van der Waals surface area (Å²) in [6.07, 6.45) is 0.568. The van der Waals surface area contributed by atoms with Gasteiger partial charge in [-0.05, 0) is 38.1 Å². The van der Waals surface area contributed by atoms with Gasteiger partial charge in [0.1, 0.15) is 11.5 Å². The molecule has 3 N–H and O–H groups in total. The topological polar surface area (TPSA) is 78.8 Å². The number of hydrogen-bond donors (Lipinski definition) is 3. The van der Waals surface area contributed by atoms with Crippen molar-refractivity contribution in [1.29, 1.82) is 0 Å². The number of carbonyl (C=O) groups excluding carboxylic acids is 1. The summed E-state index contributed by atoms with van der Waals surface area (Å²) < 4.78 is 4.79. The van der Waals surface area contributed by atoms with E-state index < -0.39 is 6.72 Å². The van der Waals surface area contributed by atoms with Crippen molar-refractivity contribution in [3.8, 4) is 5.75 Å². The molecule has 0 radical (unpaired) electrons. The molecule has 100 valence electrons. The standard InChI is InChI=1S/C11H16NO4PS/c1-8(13)11(12-2)7-9-3-5-10(6-4-9)16-17(14,15)18/h3-6,11-12H,7H2,1-2H3,(H2,14,15,18)/t11-/m0/s1. The molecule has 1 aromatic rings. The van der Waals surface area contributed by atoms with Crippen LogP contribution in [0.4, 0.5) is 0 Å². The van der Waals surface area contributed by atoms with Crippen LogP contribution in [0.1, 0.15) is 12.5 Å². The number of rotatable bonds is 6. The van der Waals surface area contributed by atoms with E-state index in [0.29, 0.717) is 12.2 Å². The van der Waals surface area contributed by atoms with Crippen molar-refractivity contribution in [1.82, 2.24) is 5.32 Å². The molecule has 7 heteroatoms. The van der Waals surface area contributed by atoms with E-state index in [2.05, 4.69) is 17.1 Å². The van der Waals surface area contributed by atoms with Gasteiger partial charge < -0.3 is 19.6 Å². The second-order valence-corrected chi connectivity index (χ2v) is 6.47. The minimum atomic E-state index is -3.68. The maximum atomic E-state index is 11.3. The highest BCUT2D eigenvalue weighted by Crippen LogP contribution is 2.37. The number of ketones is 1. The predicted molar refractivity (Wildman–Crippen MR) is 73.0 cm³/mol. The van der Waals surface area contributed by atoms with Gasteiger partial charge in [-0.15, -0.1) is 0 Å². The van der Waals surface area contributed by atoms with Crippen molar-refractivity contribution in [2.75, 3.05) is 7.05 Å². The molecule has 1 rings (SSSR count). The lowest BCUT2D eigenvalue weighted by molar-refractivity contribution is -0.118. The lowest BCUT2D eigenvalue weighted by Gasteiger charge is -2.13.